The number of carboxylic acid groups (broad SMARTS) is 1. The van der Waals surface area contributed by atoms with Crippen molar-refractivity contribution in [1.29, 1.82) is 0 Å². The van der Waals surface area contributed by atoms with E-state index in [9.17, 15) is 27.5 Å². The summed E-state index contributed by atoms with van der Waals surface area (Å²) in [6.07, 6.45) is -0.0727. The Morgan fingerprint density at radius 2 is 1.78 bits per heavy atom. The topological polar surface area (TPSA) is 101 Å². The number of ether oxygens (including phenoxy) is 1. The Morgan fingerprint density at radius 3 is 2.30 bits per heavy atom. The number of hydrogen-bond donors (Lipinski definition) is 1. The van der Waals surface area contributed by atoms with Crippen LogP contribution in [0.1, 0.15) is 19.4 Å². The number of carbonyl (C=O) groups is 2. The number of morpholine rings is 1. The molecule has 1 aromatic carbocycles. The van der Waals surface area contributed by atoms with Crippen LogP contribution in [0.5, 0.6) is 0 Å². The minimum atomic E-state index is -4.07. The van der Waals surface area contributed by atoms with Crippen LogP contribution in [0, 0.1) is 11.7 Å². The molecule has 0 unspecified atom stereocenters. The molecule has 2 rings (SSSR count). The quantitative estimate of drug-likeness (QED) is 0.735. The Labute approximate surface area is 158 Å². The van der Waals surface area contributed by atoms with E-state index in [0.717, 1.165) is 0 Å². The number of rotatable bonds is 7. The number of aliphatic carboxylic acids is 1. The van der Waals surface area contributed by atoms with Gasteiger partial charge in [0.15, 0.2) is 9.84 Å². The normalized spacial score (nSPS) is 16.8. The molecule has 7 nitrogen and oxygen atoms in total. The second kappa shape index (κ2) is 8.35. The first kappa shape index (κ1) is 21.3. The summed E-state index contributed by atoms with van der Waals surface area (Å²) in [5, 5.41) is 9.46. The molecular formula is C18H24FNO6S. The van der Waals surface area contributed by atoms with Crippen molar-refractivity contribution in [2.45, 2.75) is 25.0 Å². The Hall–Kier alpha value is -2.00. The molecule has 0 radical (unpaired) electrons. The molecule has 9 heteroatoms. The standard InChI is InChI=1S/C18H24FNO6S/c1-18(2,17(23)20-7-9-26-10-8-20)27(24,25)12-14(16(21)22)11-13-3-5-15(19)6-4-13/h3-6,14H,7-12H2,1-2H3,(H,21,22)/t14-/m1/s1. The summed E-state index contributed by atoms with van der Waals surface area (Å²) in [6, 6.07) is 5.22. The van der Waals surface area contributed by atoms with Crippen LogP contribution >= 0.6 is 0 Å². The summed E-state index contributed by atoms with van der Waals surface area (Å²) in [7, 11) is -4.07. The molecule has 1 aromatic rings. The van der Waals surface area contributed by atoms with Gasteiger partial charge in [-0.25, -0.2) is 12.8 Å². The molecule has 1 heterocycles. The lowest BCUT2D eigenvalue weighted by Gasteiger charge is -2.34. The average molecular weight is 401 g/mol. The lowest BCUT2D eigenvalue weighted by Crippen LogP contribution is -2.54. The SMILES string of the molecule is CC(C)(C(=O)N1CCOCC1)S(=O)(=O)C[C@@H](Cc1ccc(F)cc1)C(=O)O. The van der Waals surface area contributed by atoms with Gasteiger partial charge in [-0.2, -0.15) is 0 Å². The minimum absolute atomic E-state index is 0.0727. The van der Waals surface area contributed by atoms with E-state index >= 15 is 0 Å². The summed E-state index contributed by atoms with van der Waals surface area (Å²) >= 11 is 0. The maximum absolute atomic E-state index is 13.0. The first-order valence-electron chi connectivity index (χ1n) is 8.61. The number of carboxylic acids is 1. The van der Waals surface area contributed by atoms with Gasteiger partial charge < -0.3 is 14.7 Å². The van der Waals surface area contributed by atoms with Gasteiger partial charge in [0, 0.05) is 13.1 Å². The van der Waals surface area contributed by atoms with E-state index in [-0.39, 0.29) is 6.42 Å². The van der Waals surface area contributed by atoms with E-state index in [4.69, 9.17) is 4.74 Å². The zero-order valence-electron chi connectivity index (χ0n) is 15.4. The molecule has 1 N–H and O–H groups in total. The Kier molecular flexibility index (Phi) is 6.59. The first-order chi connectivity index (χ1) is 12.5. The third-order valence-corrected chi connectivity index (χ3v) is 7.33. The predicted octanol–water partition coefficient (Wildman–Crippen LogP) is 1.12. The fraction of sp³-hybridized carbons (Fsp3) is 0.556. The maximum Gasteiger partial charge on any atom is 0.307 e. The van der Waals surface area contributed by atoms with Crippen LogP contribution in [0.2, 0.25) is 0 Å². The molecule has 1 amide bonds. The monoisotopic (exact) mass is 401 g/mol. The van der Waals surface area contributed by atoms with Crippen LogP contribution in [-0.2, 0) is 30.6 Å². The van der Waals surface area contributed by atoms with Gasteiger partial charge in [0.2, 0.25) is 5.91 Å². The molecule has 0 aliphatic carbocycles. The van der Waals surface area contributed by atoms with Gasteiger partial charge in [-0.05, 0) is 38.0 Å². The van der Waals surface area contributed by atoms with Crippen molar-refractivity contribution in [3.05, 3.63) is 35.6 Å². The van der Waals surface area contributed by atoms with E-state index < -0.39 is 43.9 Å². The molecule has 1 aliphatic rings. The van der Waals surface area contributed by atoms with E-state index in [1.807, 2.05) is 0 Å². The molecular weight excluding hydrogens is 377 g/mol. The van der Waals surface area contributed by atoms with E-state index in [1.54, 1.807) is 0 Å². The summed E-state index contributed by atoms with van der Waals surface area (Å²) in [6.45, 7) is 3.88. The molecule has 1 aliphatic heterocycles. The van der Waals surface area contributed by atoms with Crippen molar-refractivity contribution < 1.29 is 32.2 Å². The highest BCUT2D eigenvalue weighted by molar-refractivity contribution is 7.93. The van der Waals surface area contributed by atoms with Crippen LogP contribution in [0.4, 0.5) is 4.39 Å². The Bertz CT molecular complexity index is 785. The van der Waals surface area contributed by atoms with Gasteiger partial charge in [0.25, 0.3) is 0 Å². The molecule has 150 valence electrons. The largest absolute Gasteiger partial charge is 0.481 e. The van der Waals surface area contributed by atoms with Gasteiger partial charge >= 0.3 is 5.97 Å². The second-order valence-electron chi connectivity index (χ2n) is 7.06. The number of sulfone groups is 1. The van der Waals surface area contributed by atoms with Crippen LogP contribution in [0.15, 0.2) is 24.3 Å². The third-order valence-electron chi connectivity index (χ3n) is 4.76. The van der Waals surface area contributed by atoms with Gasteiger partial charge in [-0.15, -0.1) is 0 Å². The van der Waals surface area contributed by atoms with E-state index in [1.165, 1.54) is 43.0 Å². The van der Waals surface area contributed by atoms with Gasteiger partial charge in [-0.3, -0.25) is 9.59 Å². The van der Waals surface area contributed by atoms with Gasteiger partial charge in [0.1, 0.15) is 10.6 Å². The number of benzene rings is 1. The first-order valence-corrected chi connectivity index (χ1v) is 10.3. The van der Waals surface area contributed by atoms with Gasteiger partial charge in [0.05, 0.1) is 24.9 Å². The highest BCUT2D eigenvalue weighted by Crippen LogP contribution is 2.25. The highest BCUT2D eigenvalue weighted by atomic mass is 32.2. The lowest BCUT2D eigenvalue weighted by molar-refractivity contribution is -0.141. The summed E-state index contributed by atoms with van der Waals surface area (Å²) in [4.78, 5) is 25.7. The van der Waals surface area contributed by atoms with Crippen molar-refractivity contribution in [2.75, 3.05) is 32.1 Å². The second-order valence-corrected chi connectivity index (χ2v) is 9.65. The number of halogens is 1. The van der Waals surface area contributed by atoms with Crippen LogP contribution in [0.3, 0.4) is 0 Å². The van der Waals surface area contributed by atoms with E-state index in [0.29, 0.717) is 31.9 Å². The minimum Gasteiger partial charge on any atom is -0.481 e. The smallest absolute Gasteiger partial charge is 0.307 e. The number of hydrogen-bond acceptors (Lipinski definition) is 5. The van der Waals surface area contributed by atoms with Crippen LogP contribution < -0.4 is 0 Å². The molecule has 0 aromatic heterocycles. The van der Waals surface area contributed by atoms with Crippen molar-refractivity contribution >= 4 is 21.7 Å². The highest BCUT2D eigenvalue weighted by Gasteiger charge is 2.46. The zero-order chi connectivity index (χ0) is 20.2. The predicted molar refractivity (Wildman–Crippen MR) is 96.5 cm³/mol. The third kappa shape index (κ3) is 5.04. The zero-order valence-corrected chi connectivity index (χ0v) is 16.2. The summed E-state index contributed by atoms with van der Waals surface area (Å²) in [5.41, 5.74) is 0.510. The van der Waals surface area contributed by atoms with Crippen LogP contribution in [0.25, 0.3) is 0 Å². The Morgan fingerprint density at radius 1 is 1.22 bits per heavy atom. The molecule has 27 heavy (non-hydrogen) atoms. The lowest BCUT2D eigenvalue weighted by atomic mass is 10.0. The number of carbonyl (C=O) groups excluding carboxylic acids is 1. The molecule has 1 fully saturated rings. The van der Waals surface area contributed by atoms with Crippen molar-refractivity contribution in [1.82, 2.24) is 4.90 Å². The molecule has 0 spiro atoms. The molecule has 1 atom stereocenters. The molecule has 1 saturated heterocycles. The Balaban J connectivity index is 2.17. The van der Waals surface area contributed by atoms with Gasteiger partial charge in [-0.1, -0.05) is 12.1 Å². The molecule has 0 saturated carbocycles. The number of nitrogens with zero attached hydrogens (tertiary/aromatic N) is 1. The van der Waals surface area contributed by atoms with Crippen molar-refractivity contribution in [2.24, 2.45) is 5.92 Å². The van der Waals surface area contributed by atoms with Crippen molar-refractivity contribution in [3.8, 4) is 0 Å². The maximum atomic E-state index is 13.0. The average Bonchev–Trinajstić information content (AvgIpc) is 2.62. The van der Waals surface area contributed by atoms with E-state index in [2.05, 4.69) is 0 Å². The molecule has 0 bridgehead atoms. The fourth-order valence-electron chi connectivity index (χ4n) is 2.88. The van der Waals surface area contributed by atoms with Crippen LogP contribution in [-0.4, -0.2) is 67.1 Å². The summed E-state index contributed by atoms with van der Waals surface area (Å²) in [5.74, 6) is -4.22. The van der Waals surface area contributed by atoms with Crippen molar-refractivity contribution in [3.63, 3.8) is 0 Å². The number of amides is 1. The summed E-state index contributed by atoms with van der Waals surface area (Å²) < 4.78 is 42.2. The fourth-order valence-corrected chi connectivity index (χ4v) is 4.48.